The van der Waals surface area contributed by atoms with E-state index in [1.807, 2.05) is 34.4 Å². The van der Waals surface area contributed by atoms with Crippen LogP contribution in [0.2, 0.25) is 0 Å². The largest absolute Gasteiger partial charge is 0.327 e. The molecule has 0 amide bonds. The van der Waals surface area contributed by atoms with Crippen molar-refractivity contribution in [3.8, 4) is 0 Å². The van der Waals surface area contributed by atoms with Crippen molar-refractivity contribution in [2.24, 2.45) is 0 Å². The molecule has 0 aliphatic heterocycles. The minimum Gasteiger partial charge on any atom is -0.327 e. The Labute approximate surface area is 74.4 Å². The summed E-state index contributed by atoms with van der Waals surface area (Å²) in [6, 6.07) is 0. The standard InChI is InChI=1S/C7H17O2PS/c1-6(2)8-10(5,11)9-7(3)4/h6-7H,1-5H3. The SMILES string of the molecule is CC(C)OP(C)(=S)OC(C)C. The first-order valence-electron chi connectivity index (χ1n) is 3.78. The van der Waals surface area contributed by atoms with E-state index in [9.17, 15) is 0 Å². The van der Waals surface area contributed by atoms with Gasteiger partial charge in [0.25, 0.3) is 0 Å². The predicted molar refractivity (Wildman–Crippen MR) is 52.7 cm³/mol. The fraction of sp³-hybridized carbons (Fsp3) is 1.00. The Bertz CT molecular complexity index is 143. The first-order valence-corrected chi connectivity index (χ1v) is 6.86. The molecule has 68 valence electrons. The second-order valence-electron chi connectivity index (χ2n) is 3.08. The van der Waals surface area contributed by atoms with E-state index in [2.05, 4.69) is 0 Å². The summed E-state index contributed by atoms with van der Waals surface area (Å²) in [6.45, 7) is 7.76. The van der Waals surface area contributed by atoms with Gasteiger partial charge >= 0.3 is 0 Å². The van der Waals surface area contributed by atoms with Crippen LogP contribution in [0.5, 0.6) is 0 Å². The van der Waals surface area contributed by atoms with E-state index in [0.29, 0.717) is 0 Å². The van der Waals surface area contributed by atoms with Crippen LogP contribution in [0.15, 0.2) is 0 Å². The van der Waals surface area contributed by atoms with Gasteiger partial charge in [0.05, 0.1) is 12.2 Å². The average molecular weight is 196 g/mol. The van der Waals surface area contributed by atoms with E-state index in [1.165, 1.54) is 0 Å². The molecule has 11 heavy (non-hydrogen) atoms. The minimum atomic E-state index is -1.97. The Morgan fingerprint density at radius 1 is 1.00 bits per heavy atom. The lowest BCUT2D eigenvalue weighted by Crippen LogP contribution is -2.06. The van der Waals surface area contributed by atoms with Crippen LogP contribution < -0.4 is 0 Å². The van der Waals surface area contributed by atoms with Gasteiger partial charge in [-0.1, -0.05) is 0 Å². The average Bonchev–Trinajstić information content (AvgIpc) is 1.53. The van der Waals surface area contributed by atoms with Gasteiger partial charge < -0.3 is 9.05 Å². The number of hydrogen-bond donors (Lipinski definition) is 0. The van der Waals surface area contributed by atoms with E-state index in [1.54, 1.807) is 0 Å². The maximum absolute atomic E-state index is 5.45. The number of hydrogen-bond acceptors (Lipinski definition) is 3. The summed E-state index contributed by atoms with van der Waals surface area (Å²) in [5.74, 6) is 0. The molecule has 0 aliphatic carbocycles. The van der Waals surface area contributed by atoms with Crippen LogP contribution in [0, 0.1) is 0 Å². The van der Waals surface area contributed by atoms with Crippen LogP contribution in [-0.4, -0.2) is 18.9 Å². The highest BCUT2D eigenvalue weighted by Gasteiger charge is 2.14. The molecule has 0 fully saturated rings. The lowest BCUT2D eigenvalue weighted by Gasteiger charge is -2.22. The van der Waals surface area contributed by atoms with Crippen molar-refractivity contribution in [1.82, 2.24) is 0 Å². The molecule has 0 unspecified atom stereocenters. The Balaban J connectivity index is 3.91. The zero-order chi connectivity index (χ0) is 9.07. The monoisotopic (exact) mass is 196 g/mol. The van der Waals surface area contributed by atoms with E-state index >= 15 is 0 Å². The Hall–Kier alpha value is 0.570. The molecule has 0 aromatic rings. The molecule has 0 N–H and O–H groups in total. The molecule has 0 rings (SSSR count). The second-order valence-corrected chi connectivity index (χ2v) is 7.03. The van der Waals surface area contributed by atoms with Crippen molar-refractivity contribution in [2.75, 3.05) is 6.66 Å². The van der Waals surface area contributed by atoms with Crippen LogP contribution in [0.25, 0.3) is 0 Å². The fourth-order valence-electron chi connectivity index (χ4n) is 0.791. The highest BCUT2D eigenvalue weighted by atomic mass is 32.5. The van der Waals surface area contributed by atoms with E-state index in [0.717, 1.165) is 0 Å². The van der Waals surface area contributed by atoms with Crippen molar-refractivity contribution in [3.63, 3.8) is 0 Å². The summed E-state index contributed by atoms with van der Waals surface area (Å²) in [5.41, 5.74) is 0. The molecular formula is C7H17O2PS. The topological polar surface area (TPSA) is 18.5 Å². The van der Waals surface area contributed by atoms with E-state index in [-0.39, 0.29) is 12.2 Å². The highest BCUT2D eigenvalue weighted by molar-refractivity contribution is 8.09. The van der Waals surface area contributed by atoms with Crippen LogP contribution in [0.3, 0.4) is 0 Å². The van der Waals surface area contributed by atoms with Gasteiger partial charge in [-0.3, -0.25) is 0 Å². The van der Waals surface area contributed by atoms with Gasteiger partial charge in [-0.05, 0) is 39.5 Å². The van der Waals surface area contributed by atoms with Crippen LogP contribution in [0.1, 0.15) is 27.7 Å². The molecule has 4 heteroatoms. The summed E-state index contributed by atoms with van der Waals surface area (Å²) in [7, 11) is 0. The highest BCUT2D eigenvalue weighted by Crippen LogP contribution is 2.46. The normalized spacial score (nSPS) is 13.0. The van der Waals surface area contributed by atoms with Crippen LogP contribution >= 0.6 is 6.49 Å². The molecule has 0 aromatic carbocycles. The first-order chi connectivity index (χ1) is 4.83. The second kappa shape index (κ2) is 4.56. The molecule has 0 spiro atoms. The third kappa shape index (κ3) is 6.95. The zero-order valence-corrected chi connectivity index (χ0v) is 9.54. The number of rotatable bonds is 4. The molecule has 2 nitrogen and oxygen atoms in total. The smallest absolute Gasteiger partial charge is 0.186 e. The predicted octanol–water partition coefficient (Wildman–Crippen LogP) is 2.78. The quantitative estimate of drug-likeness (QED) is 0.644. The minimum absolute atomic E-state index is 0.157. The molecule has 0 radical (unpaired) electrons. The summed E-state index contributed by atoms with van der Waals surface area (Å²) < 4.78 is 10.9. The lowest BCUT2D eigenvalue weighted by atomic mass is 10.5. The Kier molecular flexibility index (Phi) is 4.80. The molecule has 0 aliphatic rings. The van der Waals surface area contributed by atoms with Crippen molar-refractivity contribution >= 4 is 18.3 Å². The summed E-state index contributed by atoms with van der Waals surface area (Å²) in [6.07, 6.45) is 0.314. The van der Waals surface area contributed by atoms with Crippen molar-refractivity contribution < 1.29 is 9.05 Å². The van der Waals surface area contributed by atoms with Gasteiger partial charge in [-0.2, -0.15) is 0 Å². The Morgan fingerprint density at radius 2 is 1.27 bits per heavy atom. The molecule has 0 saturated carbocycles. The van der Waals surface area contributed by atoms with Crippen LogP contribution in [-0.2, 0) is 20.9 Å². The van der Waals surface area contributed by atoms with Crippen LogP contribution in [0.4, 0.5) is 0 Å². The van der Waals surface area contributed by atoms with E-state index < -0.39 is 6.49 Å². The molecule has 0 atom stereocenters. The maximum atomic E-state index is 5.45. The Morgan fingerprint density at radius 3 is 1.45 bits per heavy atom. The van der Waals surface area contributed by atoms with Crippen molar-refractivity contribution in [2.45, 2.75) is 39.9 Å². The lowest BCUT2D eigenvalue weighted by molar-refractivity contribution is 0.178. The van der Waals surface area contributed by atoms with E-state index in [4.69, 9.17) is 20.9 Å². The maximum Gasteiger partial charge on any atom is 0.186 e. The third-order valence-electron chi connectivity index (χ3n) is 0.805. The van der Waals surface area contributed by atoms with Crippen molar-refractivity contribution in [1.29, 1.82) is 0 Å². The summed E-state index contributed by atoms with van der Waals surface area (Å²) in [5, 5.41) is 0. The summed E-state index contributed by atoms with van der Waals surface area (Å²) >= 11 is 5.16. The van der Waals surface area contributed by atoms with Gasteiger partial charge in [0.1, 0.15) is 0 Å². The first kappa shape index (κ1) is 11.6. The summed E-state index contributed by atoms with van der Waals surface area (Å²) in [4.78, 5) is 0. The zero-order valence-electron chi connectivity index (χ0n) is 7.83. The van der Waals surface area contributed by atoms with Gasteiger partial charge in [0.2, 0.25) is 0 Å². The van der Waals surface area contributed by atoms with Crippen molar-refractivity contribution in [3.05, 3.63) is 0 Å². The molecule has 0 aromatic heterocycles. The third-order valence-corrected chi connectivity index (χ3v) is 2.93. The van der Waals surface area contributed by atoms with Gasteiger partial charge in [-0.15, -0.1) is 0 Å². The molecule has 0 saturated heterocycles. The molecule has 0 bridgehead atoms. The molecular weight excluding hydrogens is 179 g/mol. The fourth-order valence-corrected chi connectivity index (χ4v) is 3.41. The van der Waals surface area contributed by atoms with Gasteiger partial charge in [-0.25, -0.2) is 0 Å². The molecule has 0 heterocycles. The van der Waals surface area contributed by atoms with Gasteiger partial charge in [0, 0.05) is 6.66 Å². The van der Waals surface area contributed by atoms with Gasteiger partial charge in [0.15, 0.2) is 6.49 Å².